The van der Waals surface area contributed by atoms with Gasteiger partial charge in [0.1, 0.15) is 0 Å². The van der Waals surface area contributed by atoms with Crippen molar-refractivity contribution in [2.24, 2.45) is 23.7 Å². The Morgan fingerprint density at radius 1 is 0.407 bits per heavy atom. The predicted molar refractivity (Wildman–Crippen MR) is 221 cm³/mol. The normalized spacial score (nSPS) is 25.0. The summed E-state index contributed by atoms with van der Waals surface area (Å²) in [7, 11) is 0. The molecule has 0 aromatic heterocycles. The molecule has 0 nitrogen and oxygen atoms in total. The fourth-order valence-corrected chi connectivity index (χ4v) is 8.72. The van der Waals surface area contributed by atoms with E-state index < -0.39 is 0 Å². The maximum absolute atomic E-state index is 3.45. The minimum Gasteiger partial charge on any atom is -1.00 e. The van der Waals surface area contributed by atoms with Crippen LogP contribution in [0.4, 0.5) is 0 Å². The van der Waals surface area contributed by atoms with Crippen molar-refractivity contribution in [3.8, 4) is 0 Å². The molecule has 0 amide bonds. The van der Waals surface area contributed by atoms with Crippen molar-refractivity contribution in [3.63, 3.8) is 0 Å². The van der Waals surface area contributed by atoms with Gasteiger partial charge in [-0.2, -0.15) is 44.6 Å². The Labute approximate surface area is 377 Å². The molecule has 0 saturated carbocycles. The Bertz CT molecular complexity index is 1220. The van der Waals surface area contributed by atoms with Gasteiger partial charge in [-0.05, 0) is 25.7 Å². The van der Waals surface area contributed by atoms with Crippen molar-refractivity contribution in [1.29, 1.82) is 0 Å². The van der Waals surface area contributed by atoms with E-state index >= 15 is 0 Å². The molecular weight excluding hydrogens is 854 g/mol. The van der Waals surface area contributed by atoms with Crippen LogP contribution in [0.2, 0.25) is 0 Å². The van der Waals surface area contributed by atoms with Crippen LogP contribution < -0.4 is 24.8 Å². The van der Waals surface area contributed by atoms with Crippen LogP contribution in [0.3, 0.4) is 0 Å². The van der Waals surface area contributed by atoms with Gasteiger partial charge in [-0.15, -0.1) is 0 Å². The number of hydrogen-bond acceptors (Lipinski definition) is 0. The van der Waals surface area contributed by atoms with E-state index in [0.29, 0.717) is 23.7 Å². The van der Waals surface area contributed by atoms with Gasteiger partial charge in [-0.1, -0.05) is 154 Å². The topological polar surface area (TPSA) is 0 Å². The molecule has 0 heterocycles. The molecule has 4 atom stereocenters. The van der Waals surface area contributed by atoms with E-state index in [1.807, 2.05) is 0 Å². The van der Waals surface area contributed by atoms with Crippen molar-refractivity contribution in [2.75, 3.05) is 0 Å². The first-order chi connectivity index (χ1) is 25.1. The molecule has 4 unspecified atom stereocenters. The minimum absolute atomic E-state index is 0. The molecule has 54 heavy (non-hydrogen) atoms. The third-order valence-corrected chi connectivity index (χ3v) is 11.4. The standard InChI is InChI=1S/4C11H15.2C3H6.2ClH.2Zr/c4*1-2-9-7-8-10-5-3-4-6-11(9)10;2*1-3-2;;;;/h4*8-9H,2-6H2,1H3;2*1-2H3;2*1H;;/q4*-1;;;;;2*+2/p-2. The van der Waals surface area contributed by atoms with Gasteiger partial charge in [0.2, 0.25) is 0 Å². The molecule has 0 saturated heterocycles. The molecular formula is C50H72Cl2Zr2-2. The number of allylic oxidation sites excluding steroid dienone is 16. The molecule has 0 bridgehead atoms. The van der Waals surface area contributed by atoms with Gasteiger partial charge in [-0.3, -0.25) is 24.3 Å². The van der Waals surface area contributed by atoms with Crippen molar-refractivity contribution < 1.29 is 73.3 Å². The van der Waals surface area contributed by atoms with Gasteiger partial charge in [0.25, 0.3) is 0 Å². The van der Waals surface area contributed by atoms with Crippen molar-refractivity contribution in [1.82, 2.24) is 0 Å². The van der Waals surface area contributed by atoms with Crippen LogP contribution in [0.1, 0.15) is 184 Å². The molecule has 0 aromatic carbocycles. The van der Waals surface area contributed by atoms with Crippen LogP contribution in [-0.4, -0.2) is 6.41 Å². The molecule has 296 valence electrons. The summed E-state index contributed by atoms with van der Waals surface area (Å²) in [5, 5.41) is 0. The quantitative estimate of drug-likeness (QED) is 0.249. The van der Waals surface area contributed by atoms with Crippen LogP contribution >= 0.6 is 0 Å². The second kappa shape index (κ2) is 29.3. The van der Waals surface area contributed by atoms with Crippen molar-refractivity contribution in [3.05, 3.63) is 93.2 Å². The minimum atomic E-state index is 0. The Balaban J connectivity index is 0.000000334. The van der Waals surface area contributed by atoms with Gasteiger partial charge in [-0.25, -0.2) is 24.3 Å². The van der Waals surface area contributed by atoms with Crippen LogP contribution in [0.25, 0.3) is 0 Å². The maximum atomic E-state index is 3.45. The fourth-order valence-electron chi connectivity index (χ4n) is 8.72. The fraction of sp³-hybridized carbons (Fsp3) is 0.640. The summed E-state index contributed by atoms with van der Waals surface area (Å²) in [4.78, 5) is 0. The summed E-state index contributed by atoms with van der Waals surface area (Å²) in [6.07, 6.45) is 49.6. The predicted octanol–water partition coefficient (Wildman–Crippen LogP) is 8.52. The first-order valence-corrected chi connectivity index (χ1v) is 23.9. The molecule has 0 N–H and O–H groups in total. The molecule has 0 radical (unpaired) electrons. The van der Waals surface area contributed by atoms with E-state index in [-0.39, 0.29) is 24.8 Å². The zero-order valence-electron chi connectivity index (χ0n) is 35.5. The van der Waals surface area contributed by atoms with E-state index in [0.717, 1.165) is 0 Å². The Morgan fingerprint density at radius 2 is 0.574 bits per heavy atom. The molecule has 8 rings (SSSR count). The molecule has 8 aliphatic carbocycles. The Hall–Kier alpha value is 0.00623. The second-order valence-electron chi connectivity index (χ2n) is 16.1. The average Bonchev–Trinajstić information content (AvgIpc) is 3.96. The zero-order chi connectivity index (χ0) is 37.9. The summed E-state index contributed by atoms with van der Waals surface area (Å²) in [5.74, 6) is 2.74. The molecule has 0 spiro atoms. The summed E-state index contributed by atoms with van der Waals surface area (Å²) in [6, 6.07) is 0. The second-order valence-corrected chi connectivity index (χ2v) is 21.0. The van der Waals surface area contributed by atoms with Gasteiger partial charge in [0.05, 0.1) is 0 Å². The molecule has 8 aliphatic rings. The third-order valence-electron chi connectivity index (χ3n) is 11.4. The molecule has 4 heteroatoms. The monoisotopic (exact) mass is 922 g/mol. The van der Waals surface area contributed by atoms with Crippen molar-refractivity contribution in [2.45, 2.75) is 184 Å². The average molecular weight is 926 g/mol. The summed E-state index contributed by atoms with van der Waals surface area (Å²) in [5.41, 5.74) is 13.3. The number of hydrogen-bond donors (Lipinski definition) is 0. The van der Waals surface area contributed by atoms with Gasteiger partial charge >= 0.3 is 82.6 Å². The summed E-state index contributed by atoms with van der Waals surface area (Å²) >= 11 is 3.11. The van der Waals surface area contributed by atoms with Gasteiger partial charge < -0.3 is 24.8 Å². The number of rotatable bonds is 4. The van der Waals surface area contributed by atoms with Gasteiger partial charge in [0.15, 0.2) is 0 Å². The van der Waals surface area contributed by atoms with E-state index in [2.05, 4.69) is 104 Å². The molecule has 0 fully saturated rings. The van der Waals surface area contributed by atoms with E-state index in [9.17, 15) is 0 Å². The zero-order valence-corrected chi connectivity index (χ0v) is 41.9. The first kappa shape index (κ1) is 52.0. The maximum Gasteiger partial charge on any atom is -1.00 e. The smallest absolute Gasteiger partial charge is 1.00 e. The molecule has 0 aromatic rings. The molecule has 0 aliphatic heterocycles. The van der Waals surface area contributed by atoms with E-state index in [1.54, 1.807) is 93.1 Å². The van der Waals surface area contributed by atoms with E-state index in [4.69, 9.17) is 0 Å². The van der Waals surface area contributed by atoms with Gasteiger partial charge in [0, 0.05) is 0 Å². The van der Waals surface area contributed by atoms with Crippen LogP contribution in [-0.2, 0) is 48.5 Å². The SMILES string of the molecule is CCC1[C-]=CC2=C1CCCC2.CCC1[C-]=CC2=C1CCCC2.CCC1[C-]=CC2=C1CCCC2.CCC1[C-]=CC2=C1CCCC2.C[C](C)=[Zr+2].C[C](C)=[Zr+2].[Cl-].[Cl-]. The summed E-state index contributed by atoms with van der Waals surface area (Å²) < 4.78 is 3.01. The van der Waals surface area contributed by atoms with Crippen LogP contribution in [0.15, 0.2) is 68.9 Å². The Kier molecular flexibility index (Phi) is 28.2. The Morgan fingerprint density at radius 3 is 0.741 bits per heavy atom. The largest absolute Gasteiger partial charge is 1.00 e. The first-order valence-electron chi connectivity index (χ1n) is 21.4. The van der Waals surface area contributed by atoms with E-state index in [1.165, 1.54) is 135 Å². The summed E-state index contributed by atoms with van der Waals surface area (Å²) in [6.45, 7) is 17.5. The van der Waals surface area contributed by atoms with Crippen LogP contribution in [0, 0.1) is 48.0 Å². The third kappa shape index (κ3) is 17.5. The van der Waals surface area contributed by atoms with Crippen LogP contribution in [0.5, 0.6) is 0 Å². The van der Waals surface area contributed by atoms with Crippen molar-refractivity contribution >= 4 is 6.41 Å². The number of halogens is 2.